The SMILES string of the molecule is CCc1noc(CN(C)C(=O)c2nc(-c3cccs3)n(-c3ccc(F)cc3)n2)n1. The predicted octanol–water partition coefficient (Wildman–Crippen LogP) is 3.35. The fraction of sp³-hybridized carbons (Fsp3) is 0.211. The molecule has 1 aromatic carbocycles. The largest absolute Gasteiger partial charge is 0.337 e. The van der Waals surface area contributed by atoms with Crippen molar-refractivity contribution in [1.82, 2.24) is 29.8 Å². The van der Waals surface area contributed by atoms with Crippen LogP contribution in [0.2, 0.25) is 0 Å². The minimum absolute atomic E-state index is 0.0236. The van der Waals surface area contributed by atoms with E-state index in [0.717, 1.165) is 4.88 Å². The van der Waals surface area contributed by atoms with E-state index in [4.69, 9.17) is 4.52 Å². The summed E-state index contributed by atoms with van der Waals surface area (Å²) in [6.45, 7) is 2.06. The van der Waals surface area contributed by atoms with Crippen molar-refractivity contribution in [3.05, 3.63) is 65.1 Å². The molecule has 0 unspecified atom stereocenters. The van der Waals surface area contributed by atoms with E-state index < -0.39 is 0 Å². The van der Waals surface area contributed by atoms with Crippen LogP contribution in [0.4, 0.5) is 4.39 Å². The molecule has 0 N–H and O–H groups in total. The lowest BCUT2D eigenvalue weighted by Gasteiger charge is -2.11. The summed E-state index contributed by atoms with van der Waals surface area (Å²) in [6.07, 6.45) is 0.648. The second-order valence-electron chi connectivity index (χ2n) is 6.24. The lowest BCUT2D eigenvalue weighted by atomic mass is 10.3. The van der Waals surface area contributed by atoms with Crippen LogP contribution in [0.3, 0.4) is 0 Å². The van der Waals surface area contributed by atoms with E-state index in [-0.39, 0.29) is 24.1 Å². The fourth-order valence-electron chi connectivity index (χ4n) is 2.67. The summed E-state index contributed by atoms with van der Waals surface area (Å²) in [5.41, 5.74) is 0.605. The molecule has 0 saturated carbocycles. The number of carbonyl (C=O) groups excluding carboxylic acids is 1. The first-order chi connectivity index (χ1) is 14.0. The van der Waals surface area contributed by atoms with E-state index in [1.807, 2.05) is 24.4 Å². The number of hydrogen-bond acceptors (Lipinski definition) is 7. The van der Waals surface area contributed by atoms with Gasteiger partial charge in [-0.25, -0.2) is 14.1 Å². The number of hydrogen-bond donors (Lipinski definition) is 0. The molecule has 3 aromatic heterocycles. The van der Waals surface area contributed by atoms with Crippen molar-refractivity contribution >= 4 is 17.2 Å². The van der Waals surface area contributed by atoms with Crippen molar-refractivity contribution < 1.29 is 13.7 Å². The number of benzene rings is 1. The van der Waals surface area contributed by atoms with Crippen molar-refractivity contribution in [2.24, 2.45) is 0 Å². The van der Waals surface area contributed by atoms with Crippen LogP contribution in [0.25, 0.3) is 16.4 Å². The van der Waals surface area contributed by atoms with Crippen molar-refractivity contribution in [1.29, 1.82) is 0 Å². The number of rotatable bonds is 6. The first kappa shape index (κ1) is 18.9. The zero-order valence-electron chi connectivity index (χ0n) is 15.7. The van der Waals surface area contributed by atoms with Gasteiger partial charge >= 0.3 is 0 Å². The molecule has 0 aliphatic heterocycles. The van der Waals surface area contributed by atoms with Gasteiger partial charge in [-0.15, -0.1) is 16.4 Å². The average Bonchev–Trinajstić information content (AvgIpc) is 3.47. The van der Waals surface area contributed by atoms with Crippen molar-refractivity contribution in [2.45, 2.75) is 19.9 Å². The van der Waals surface area contributed by atoms with Crippen molar-refractivity contribution in [3.8, 4) is 16.4 Å². The first-order valence-corrected chi connectivity index (χ1v) is 9.77. The van der Waals surface area contributed by atoms with Crippen LogP contribution < -0.4 is 0 Å². The van der Waals surface area contributed by atoms with Gasteiger partial charge in [0.1, 0.15) is 12.4 Å². The van der Waals surface area contributed by atoms with Crippen LogP contribution in [-0.4, -0.2) is 42.8 Å². The third-order valence-electron chi connectivity index (χ3n) is 4.16. The van der Waals surface area contributed by atoms with Crippen LogP contribution in [0.1, 0.15) is 29.3 Å². The molecule has 4 rings (SSSR count). The Balaban J connectivity index is 1.65. The molecule has 8 nitrogen and oxygen atoms in total. The van der Waals surface area contributed by atoms with E-state index in [1.165, 1.54) is 33.1 Å². The lowest BCUT2D eigenvalue weighted by molar-refractivity contribution is 0.0757. The molecule has 3 heterocycles. The van der Waals surface area contributed by atoms with Crippen LogP contribution in [0, 0.1) is 5.82 Å². The smallest absolute Gasteiger partial charge is 0.293 e. The second kappa shape index (κ2) is 7.92. The van der Waals surface area contributed by atoms with Crippen LogP contribution >= 0.6 is 11.3 Å². The minimum Gasteiger partial charge on any atom is -0.337 e. The van der Waals surface area contributed by atoms with Gasteiger partial charge in [-0.1, -0.05) is 18.1 Å². The highest BCUT2D eigenvalue weighted by Gasteiger charge is 2.23. The van der Waals surface area contributed by atoms with E-state index >= 15 is 0 Å². The van der Waals surface area contributed by atoms with Gasteiger partial charge in [0.05, 0.1) is 10.6 Å². The van der Waals surface area contributed by atoms with E-state index in [0.29, 0.717) is 29.6 Å². The first-order valence-electron chi connectivity index (χ1n) is 8.89. The van der Waals surface area contributed by atoms with Gasteiger partial charge in [0, 0.05) is 13.5 Å². The van der Waals surface area contributed by atoms with Gasteiger partial charge in [0.15, 0.2) is 11.6 Å². The highest BCUT2D eigenvalue weighted by Crippen LogP contribution is 2.26. The highest BCUT2D eigenvalue weighted by molar-refractivity contribution is 7.13. The summed E-state index contributed by atoms with van der Waals surface area (Å²) >= 11 is 1.47. The van der Waals surface area contributed by atoms with Gasteiger partial charge in [-0.2, -0.15) is 4.98 Å². The molecule has 0 aliphatic carbocycles. The fourth-order valence-corrected chi connectivity index (χ4v) is 3.37. The zero-order chi connectivity index (χ0) is 20.4. The molecular formula is C19H17FN6O2S. The number of amides is 1. The van der Waals surface area contributed by atoms with Crippen molar-refractivity contribution in [3.63, 3.8) is 0 Å². The monoisotopic (exact) mass is 412 g/mol. The molecule has 1 amide bonds. The molecular weight excluding hydrogens is 395 g/mol. The number of aromatic nitrogens is 5. The summed E-state index contributed by atoms with van der Waals surface area (Å²) in [5, 5.41) is 10.1. The lowest BCUT2D eigenvalue weighted by Crippen LogP contribution is -2.27. The molecule has 29 heavy (non-hydrogen) atoms. The van der Waals surface area contributed by atoms with Gasteiger partial charge in [0.2, 0.25) is 11.7 Å². The van der Waals surface area contributed by atoms with Gasteiger partial charge < -0.3 is 9.42 Å². The maximum absolute atomic E-state index is 13.3. The van der Waals surface area contributed by atoms with E-state index in [1.54, 1.807) is 19.2 Å². The van der Waals surface area contributed by atoms with Crippen LogP contribution in [0.5, 0.6) is 0 Å². The Morgan fingerprint density at radius 3 is 2.69 bits per heavy atom. The summed E-state index contributed by atoms with van der Waals surface area (Å²) in [4.78, 5) is 23.8. The average molecular weight is 412 g/mol. The molecule has 0 fully saturated rings. The van der Waals surface area contributed by atoms with E-state index in [2.05, 4.69) is 20.2 Å². The van der Waals surface area contributed by atoms with Gasteiger partial charge in [-0.05, 0) is 35.7 Å². The standard InChI is InChI=1S/C19H17FN6O2S/c1-3-15-21-16(28-24-15)11-25(2)19(27)17-22-18(14-5-4-10-29-14)26(23-17)13-8-6-12(20)7-9-13/h4-10H,3,11H2,1-2H3. The summed E-state index contributed by atoms with van der Waals surface area (Å²) in [7, 11) is 1.61. The van der Waals surface area contributed by atoms with Crippen LogP contribution in [0.15, 0.2) is 46.3 Å². The Bertz CT molecular complexity index is 1120. The Morgan fingerprint density at radius 1 is 1.24 bits per heavy atom. The summed E-state index contributed by atoms with van der Waals surface area (Å²) in [6, 6.07) is 9.62. The Kier molecular flexibility index (Phi) is 5.17. The third-order valence-corrected chi connectivity index (χ3v) is 5.02. The quantitative estimate of drug-likeness (QED) is 0.482. The maximum Gasteiger partial charge on any atom is 0.293 e. The van der Waals surface area contributed by atoms with Gasteiger partial charge in [0.25, 0.3) is 5.91 Å². The molecule has 0 aliphatic rings. The number of aryl methyl sites for hydroxylation is 1. The predicted molar refractivity (Wildman–Crippen MR) is 104 cm³/mol. The van der Waals surface area contributed by atoms with Crippen molar-refractivity contribution in [2.75, 3.05) is 7.05 Å². The number of carbonyl (C=O) groups is 1. The molecule has 4 aromatic rings. The molecule has 0 radical (unpaired) electrons. The molecule has 0 atom stereocenters. The highest BCUT2D eigenvalue weighted by atomic mass is 32.1. The maximum atomic E-state index is 13.3. The van der Waals surface area contributed by atoms with Gasteiger partial charge in [-0.3, -0.25) is 4.79 Å². The Hall–Kier alpha value is -3.40. The molecule has 10 heteroatoms. The Labute approximate surface area is 169 Å². The third kappa shape index (κ3) is 3.92. The zero-order valence-corrected chi connectivity index (χ0v) is 16.6. The van der Waals surface area contributed by atoms with Crippen LogP contribution in [-0.2, 0) is 13.0 Å². The minimum atomic E-state index is -0.389. The second-order valence-corrected chi connectivity index (χ2v) is 7.19. The molecule has 0 saturated heterocycles. The molecule has 0 bridgehead atoms. The normalized spacial score (nSPS) is 11.0. The van der Waals surface area contributed by atoms with E-state index in [9.17, 15) is 9.18 Å². The number of thiophene rings is 1. The number of halogens is 1. The summed E-state index contributed by atoms with van der Waals surface area (Å²) < 4.78 is 20.0. The topological polar surface area (TPSA) is 89.9 Å². The molecule has 0 spiro atoms. The number of nitrogens with zero attached hydrogens (tertiary/aromatic N) is 6. The molecule has 148 valence electrons. The summed E-state index contributed by atoms with van der Waals surface area (Å²) in [5.74, 6) is 0.715. The Morgan fingerprint density at radius 2 is 2.03 bits per heavy atom.